The molecule has 1 aromatic carbocycles. The molecule has 0 radical (unpaired) electrons. The fourth-order valence-electron chi connectivity index (χ4n) is 2.62. The molecule has 4 aromatic rings. The first-order valence-corrected chi connectivity index (χ1v) is 9.43. The number of carbonyl (C=O) groups excluding carboxylic acids is 1. The van der Waals surface area contributed by atoms with Crippen LogP contribution in [0.3, 0.4) is 0 Å². The molecule has 7 nitrogen and oxygen atoms in total. The smallest absolute Gasteiger partial charge is 0.346 e. The number of pyridine rings is 1. The predicted octanol–water partition coefficient (Wildman–Crippen LogP) is 4.20. The van der Waals surface area contributed by atoms with E-state index in [2.05, 4.69) is 25.4 Å². The van der Waals surface area contributed by atoms with Gasteiger partial charge in [-0.3, -0.25) is 9.78 Å². The minimum atomic E-state index is -4.50. The average Bonchev–Trinajstić information content (AvgIpc) is 3.42. The summed E-state index contributed by atoms with van der Waals surface area (Å²) >= 11 is 1.02. The van der Waals surface area contributed by atoms with E-state index in [0.717, 1.165) is 17.4 Å². The molecule has 0 aliphatic carbocycles. The van der Waals surface area contributed by atoms with Crippen molar-refractivity contribution in [3.63, 3.8) is 0 Å². The maximum absolute atomic E-state index is 13.1. The number of thiazole rings is 1. The molecule has 3 heterocycles. The molecule has 1 N–H and O–H groups in total. The van der Waals surface area contributed by atoms with E-state index in [9.17, 15) is 18.0 Å². The second kappa shape index (κ2) is 8.03. The number of halogens is 3. The van der Waals surface area contributed by atoms with Crippen LogP contribution in [0.25, 0.3) is 23.0 Å². The maximum Gasteiger partial charge on any atom is 0.416 e. The Bertz CT molecular complexity index is 1170. The predicted molar refractivity (Wildman–Crippen MR) is 101 cm³/mol. The van der Waals surface area contributed by atoms with E-state index >= 15 is 0 Å². The molecule has 0 bridgehead atoms. The van der Waals surface area contributed by atoms with Gasteiger partial charge in [0.05, 0.1) is 5.56 Å². The van der Waals surface area contributed by atoms with Gasteiger partial charge < -0.3 is 9.84 Å². The Balaban J connectivity index is 1.46. The van der Waals surface area contributed by atoms with E-state index in [1.54, 1.807) is 29.9 Å². The highest BCUT2D eigenvalue weighted by Crippen LogP contribution is 2.31. The molecule has 11 heteroatoms. The van der Waals surface area contributed by atoms with Crippen molar-refractivity contribution >= 4 is 17.2 Å². The SMILES string of the molecule is O=C(NCc1ccccc1C(F)(F)F)c1nc(-c2nc(-c3cccnc3)no2)cs1. The van der Waals surface area contributed by atoms with Gasteiger partial charge in [0, 0.05) is 29.9 Å². The number of benzene rings is 1. The highest BCUT2D eigenvalue weighted by Gasteiger charge is 2.32. The molecule has 0 spiro atoms. The summed E-state index contributed by atoms with van der Waals surface area (Å²) in [4.78, 5) is 24.7. The molecule has 152 valence electrons. The first-order chi connectivity index (χ1) is 14.4. The van der Waals surface area contributed by atoms with Crippen LogP contribution in [-0.4, -0.2) is 26.0 Å². The first-order valence-electron chi connectivity index (χ1n) is 8.55. The van der Waals surface area contributed by atoms with Gasteiger partial charge in [-0.25, -0.2) is 4.98 Å². The molecule has 0 unspecified atom stereocenters. The Morgan fingerprint density at radius 3 is 2.73 bits per heavy atom. The highest BCUT2D eigenvalue weighted by atomic mass is 32.1. The van der Waals surface area contributed by atoms with Crippen molar-refractivity contribution in [2.75, 3.05) is 0 Å². The van der Waals surface area contributed by atoms with Crippen molar-refractivity contribution < 1.29 is 22.5 Å². The molecule has 0 fully saturated rings. The molecular formula is C19H12F3N5O2S. The number of amides is 1. The van der Waals surface area contributed by atoms with Gasteiger partial charge in [-0.15, -0.1) is 11.3 Å². The second-order valence-corrected chi connectivity index (χ2v) is 6.90. The number of hydrogen-bond acceptors (Lipinski definition) is 7. The van der Waals surface area contributed by atoms with Gasteiger partial charge in [-0.2, -0.15) is 18.2 Å². The summed E-state index contributed by atoms with van der Waals surface area (Å²) < 4.78 is 44.4. The van der Waals surface area contributed by atoms with Crippen LogP contribution in [0.2, 0.25) is 0 Å². The second-order valence-electron chi connectivity index (χ2n) is 6.04. The van der Waals surface area contributed by atoms with E-state index < -0.39 is 17.6 Å². The zero-order valence-electron chi connectivity index (χ0n) is 15.1. The molecule has 0 aliphatic rings. The third-order valence-corrected chi connectivity index (χ3v) is 4.87. The van der Waals surface area contributed by atoms with Crippen LogP contribution in [-0.2, 0) is 12.7 Å². The highest BCUT2D eigenvalue weighted by molar-refractivity contribution is 7.12. The zero-order chi connectivity index (χ0) is 21.1. The Labute approximate surface area is 171 Å². The van der Waals surface area contributed by atoms with E-state index in [1.807, 2.05) is 0 Å². The number of carbonyl (C=O) groups is 1. The number of nitrogens with zero attached hydrogens (tertiary/aromatic N) is 4. The maximum atomic E-state index is 13.1. The molecule has 0 saturated carbocycles. The van der Waals surface area contributed by atoms with Crippen molar-refractivity contribution in [1.82, 2.24) is 25.4 Å². The standard InChI is InChI=1S/C19H12F3N5O2S/c20-19(21,22)13-6-2-1-4-11(13)9-24-16(28)18-25-14(10-30-18)17-26-15(27-29-17)12-5-3-7-23-8-12/h1-8,10H,9H2,(H,24,28). The molecule has 0 atom stereocenters. The molecule has 4 rings (SSSR count). The lowest BCUT2D eigenvalue weighted by Crippen LogP contribution is -2.24. The fourth-order valence-corrected chi connectivity index (χ4v) is 3.33. The van der Waals surface area contributed by atoms with Gasteiger partial charge in [-0.1, -0.05) is 23.4 Å². The summed E-state index contributed by atoms with van der Waals surface area (Å²) in [5.74, 6) is -0.164. The van der Waals surface area contributed by atoms with E-state index in [1.165, 1.54) is 18.2 Å². The summed E-state index contributed by atoms with van der Waals surface area (Å²) in [6, 6.07) is 8.56. The molecular weight excluding hydrogens is 419 g/mol. The number of alkyl halides is 3. The number of rotatable bonds is 5. The van der Waals surface area contributed by atoms with E-state index in [0.29, 0.717) is 17.1 Å². The lowest BCUT2D eigenvalue weighted by Gasteiger charge is -2.12. The van der Waals surface area contributed by atoms with Crippen molar-refractivity contribution in [2.45, 2.75) is 12.7 Å². The fraction of sp³-hybridized carbons (Fsp3) is 0.105. The Morgan fingerprint density at radius 2 is 1.97 bits per heavy atom. The van der Waals surface area contributed by atoms with Crippen LogP contribution in [0, 0.1) is 0 Å². The molecule has 0 saturated heterocycles. The van der Waals surface area contributed by atoms with Gasteiger partial charge in [0.2, 0.25) is 5.82 Å². The summed E-state index contributed by atoms with van der Waals surface area (Å²) in [7, 11) is 0. The molecule has 3 aromatic heterocycles. The van der Waals surface area contributed by atoms with Crippen molar-refractivity contribution in [2.24, 2.45) is 0 Å². The lowest BCUT2D eigenvalue weighted by molar-refractivity contribution is -0.138. The van der Waals surface area contributed by atoms with Gasteiger partial charge >= 0.3 is 6.18 Å². The third kappa shape index (κ3) is 4.20. The molecule has 0 aliphatic heterocycles. The van der Waals surface area contributed by atoms with Crippen LogP contribution in [0.1, 0.15) is 20.9 Å². The monoisotopic (exact) mass is 431 g/mol. The first kappa shape index (κ1) is 19.7. The van der Waals surface area contributed by atoms with Crippen molar-refractivity contribution in [3.8, 4) is 23.0 Å². The summed E-state index contributed by atoms with van der Waals surface area (Å²) in [5, 5.41) is 7.93. The Hall–Kier alpha value is -3.60. The van der Waals surface area contributed by atoms with Crippen LogP contribution in [0.15, 0.2) is 58.7 Å². The lowest BCUT2D eigenvalue weighted by atomic mass is 10.1. The van der Waals surface area contributed by atoms with Crippen LogP contribution in [0.4, 0.5) is 13.2 Å². The largest absolute Gasteiger partial charge is 0.416 e. The zero-order valence-corrected chi connectivity index (χ0v) is 15.9. The minimum Gasteiger partial charge on any atom is -0.346 e. The van der Waals surface area contributed by atoms with E-state index in [-0.39, 0.29) is 23.0 Å². The van der Waals surface area contributed by atoms with Crippen molar-refractivity contribution in [1.29, 1.82) is 0 Å². The number of aromatic nitrogens is 4. The van der Waals surface area contributed by atoms with Gasteiger partial charge in [-0.05, 0) is 23.8 Å². The van der Waals surface area contributed by atoms with Gasteiger partial charge in [0.25, 0.3) is 11.8 Å². The van der Waals surface area contributed by atoms with Crippen molar-refractivity contribution in [3.05, 3.63) is 70.3 Å². The van der Waals surface area contributed by atoms with Gasteiger partial charge in [0.15, 0.2) is 5.01 Å². The van der Waals surface area contributed by atoms with Gasteiger partial charge in [0.1, 0.15) is 5.69 Å². The number of nitrogens with one attached hydrogen (secondary N) is 1. The number of hydrogen-bond donors (Lipinski definition) is 1. The minimum absolute atomic E-state index is 0.0341. The van der Waals surface area contributed by atoms with E-state index in [4.69, 9.17) is 4.52 Å². The summed E-state index contributed by atoms with van der Waals surface area (Å²) in [5.41, 5.74) is 0.125. The van der Waals surface area contributed by atoms with Crippen LogP contribution >= 0.6 is 11.3 Å². The Kier molecular flexibility index (Phi) is 5.27. The Morgan fingerprint density at radius 1 is 1.13 bits per heavy atom. The molecule has 1 amide bonds. The summed E-state index contributed by atoms with van der Waals surface area (Å²) in [6.45, 7) is -0.283. The van der Waals surface area contributed by atoms with Crippen LogP contribution in [0.5, 0.6) is 0 Å². The normalized spacial score (nSPS) is 11.4. The third-order valence-electron chi connectivity index (χ3n) is 4.03. The average molecular weight is 431 g/mol. The quantitative estimate of drug-likeness (QED) is 0.509. The molecule has 30 heavy (non-hydrogen) atoms. The topological polar surface area (TPSA) is 93.8 Å². The van der Waals surface area contributed by atoms with Crippen LogP contribution < -0.4 is 5.32 Å². The summed E-state index contributed by atoms with van der Waals surface area (Å²) in [6.07, 6.45) is -1.31.